The summed E-state index contributed by atoms with van der Waals surface area (Å²) in [5.74, 6) is 2.69. The number of ether oxygens (including phenoxy) is 6. The average Bonchev–Trinajstić information content (AvgIpc) is 4.35. The van der Waals surface area contributed by atoms with Gasteiger partial charge in [-0.3, -0.25) is 19.4 Å². The number of allylic oxidation sites excluding steroid dienone is 11. The van der Waals surface area contributed by atoms with E-state index in [-0.39, 0.29) is 17.7 Å². The summed E-state index contributed by atoms with van der Waals surface area (Å²) in [5, 5.41) is 11.7. The number of amides is 1. The number of ketones is 1. The van der Waals surface area contributed by atoms with Gasteiger partial charge in [-0.2, -0.15) is 10.2 Å². The third kappa shape index (κ3) is 47.8. The fourth-order valence-electron chi connectivity index (χ4n) is 6.25. The van der Waals surface area contributed by atoms with Crippen LogP contribution in [0.4, 0.5) is 0 Å². The Morgan fingerprint density at radius 2 is 1.13 bits per heavy atom. The molecule has 14 aliphatic rings. The average molecular weight is 1090 g/mol. The van der Waals surface area contributed by atoms with Gasteiger partial charge in [0, 0.05) is 50.4 Å². The summed E-state index contributed by atoms with van der Waals surface area (Å²) in [6, 6.07) is 0. The number of hydrazone groups is 2. The van der Waals surface area contributed by atoms with E-state index in [1.165, 1.54) is 108 Å². The second kappa shape index (κ2) is 54.0. The molecule has 0 radical (unpaired) electrons. The predicted molar refractivity (Wildman–Crippen MR) is 317 cm³/mol. The van der Waals surface area contributed by atoms with Crippen molar-refractivity contribution in [3.63, 3.8) is 0 Å². The Balaban J connectivity index is 0.000000282. The van der Waals surface area contributed by atoms with Crippen LogP contribution in [0.5, 0.6) is 0 Å². The number of aliphatic imine (C=N–C) groups is 1. The van der Waals surface area contributed by atoms with E-state index in [1.54, 1.807) is 43.2 Å². The Kier molecular flexibility index (Phi) is 47.1. The van der Waals surface area contributed by atoms with Gasteiger partial charge < -0.3 is 33.8 Å². The van der Waals surface area contributed by atoms with Gasteiger partial charge in [-0.25, -0.2) is 5.43 Å². The van der Waals surface area contributed by atoms with Crippen LogP contribution >= 0.6 is 23.5 Å². The predicted octanol–water partition coefficient (Wildman–Crippen LogP) is 13.3. The summed E-state index contributed by atoms with van der Waals surface area (Å²) < 4.78 is 28.7. The molecule has 2 N–H and O–H groups in total. The Bertz CT molecular complexity index is 1680. The van der Waals surface area contributed by atoms with Crippen molar-refractivity contribution in [2.24, 2.45) is 15.2 Å². The monoisotopic (exact) mass is 1090 g/mol. The van der Waals surface area contributed by atoms with Crippen LogP contribution in [0.15, 0.2) is 160 Å². The molecule has 14 nitrogen and oxygen atoms in total. The van der Waals surface area contributed by atoms with E-state index in [2.05, 4.69) is 107 Å². The van der Waals surface area contributed by atoms with Gasteiger partial charge in [0.05, 0.1) is 70.0 Å². The number of hydrogen-bond acceptors (Lipinski definition) is 15. The molecule has 11 aliphatic heterocycles. The molecule has 0 saturated carbocycles. The van der Waals surface area contributed by atoms with Crippen LogP contribution < -0.4 is 10.9 Å². The standard InChI is InChI=1S/2C6H6O.C6H10.C5H8O.C5H8S.C5H8.C4H6N2O.C4H8N2.C4H4O2.2C4H6O.C4H6S.C3H5NO/c1-2-6-4-3-5(1)7-6;7-6-4-2-1-3-5-6;3*1-2-4-6-5-3-1;1-2-4-5-3-1;7-4-2-1-3-5-6-4;1-2-4-6-5-3-1;5-4-2-1-3-6-4;3*1-2-4-5-3-1;1-2-5-3-4-1/h1-6H;1-4H,5H2;1-2H,3-6H2;2*2,4H,1,3,5H2;1-2H,3-5H2;3H,1-2H2,(H,6,7);3,6H,1-2,4H2;1,3H,2H2;3*1,3H,2,4H2;3H,1-2H2. The Labute approximate surface area is 463 Å². The number of carbonyl (C=O) groups is 3. The van der Waals surface area contributed by atoms with E-state index >= 15 is 0 Å². The topological polar surface area (TPSA) is 168 Å². The molecule has 0 unspecified atom stereocenters. The molecule has 11 heterocycles. The highest BCUT2D eigenvalue weighted by atomic mass is 32.2. The van der Waals surface area contributed by atoms with Gasteiger partial charge in [0.25, 0.3) is 0 Å². The highest BCUT2D eigenvalue weighted by molar-refractivity contribution is 8.02. The first-order chi connectivity index (χ1) is 37.6. The molecular weight excluding hydrogens is 999 g/mol. The first-order valence-corrected chi connectivity index (χ1v) is 29.2. The number of fused-ring (bicyclic) bond motifs is 2. The molecule has 0 fully saturated rings. The van der Waals surface area contributed by atoms with Gasteiger partial charge in [-0.05, 0) is 143 Å². The second-order valence-electron chi connectivity index (χ2n) is 17.0. The third-order valence-electron chi connectivity index (χ3n) is 10.3. The number of thioether (sulfide) groups is 2. The fourth-order valence-corrected chi connectivity index (χ4v) is 7.67. The second-order valence-corrected chi connectivity index (χ2v) is 19.0. The number of cyclic esters (lactones) is 1. The summed E-state index contributed by atoms with van der Waals surface area (Å²) in [6.07, 6.45) is 71.7. The lowest BCUT2D eigenvalue weighted by Crippen LogP contribution is -2.20. The molecule has 418 valence electrons. The Hall–Kier alpha value is -5.84. The molecule has 16 heteroatoms. The van der Waals surface area contributed by atoms with E-state index in [4.69, 9.17) is 18.9 Å². The molecule has 3 aliphatic carbocycles. The van der Waals surface area contributed by atoms with Crippen molar-refractivity contribution < 1.29 is 42.8 Å². The van der Waals surface area contributed by atoms with Crippen LogP contribution in [0.25, 0.3) is 0 Å². The smallest absolute Gasteiger partial charge is 0.314 e. The number of carbonyl (C=O) groups excluding carboxylic acids is 3. The lowest BCUT2D eigenvalue weighted by atomic mass is 10.1. The lowest BCUT2D eigenvalue weighted by Gasteiger charge is -2.01. The fraction of sp³-hybridized carbons (Fsp3) is 0.500. The molecule has 0 aromatic carbocycles. The van der Waals surface area contributed by atoms with Crippen LogP contribution in [-0.4, -0.2) is 99.7 Å². The van der Waals surface area contributed by atoms with Crippen LogP contribution in [0.1, 0.15) is 128 Å². The molecule has 1 amide bonds. The zero-order chi connectivity index (χ0) is 54.0. The van der Waals surface area contributed by atoms with Gasteiger partial charge in [0.2, 0.25) is 5.91 Å². The van der Waals surface area contributed by atoms with Crippen molar-refractivity contribution in [1.82, 2.24) is 10.9 Å². The lowest BCUT2D eigenvalue weighted by molar-refractivity contribution is -0.135. The molecule has 14 rings (SSSR count). The zero-order valence-corrected chi connectivity index (χ0v) is 46.5. The minimum Gasteiger partial charge on any atom is -0.502 e. The number of rotatable bonds is 0. The molecule has 0 atom stereocenters. The highest BCUT2D eigenvalue weighted by Crippen LogP contribution is 2.20. The van der Waals surface area contributed by atoms with Crippen LogP contribution in [-0.2, 0) is 42.8 Å². The Morgan fingerprint density at radius 3 is 1.32 bits per heavy atom. The maximum Gasteiger partial charge on any atom is 0.314 e. The number of esters is 1. The number of hydrogen-bond donors (Lipinski definition) is 2. The summed E-state index contributed by atoms with van der Waals surface area (Å²) in [4.78, 5) is 34.3. The molecule has 0 aromatic rings. The summed E-state index contributed by atoms with van der Waals surface area (Å²) in [7, 11) is 0. The summed E-state index contributed by atoms with van der Waals surface area (Å²) in [6.45, 7) is 5.37. The van der Waals surface area contributed by atoms with E-state index in [0.29, 0.717) is 31.5 Å². The molecule has 0 saturated heterocycles. The molecule has 0 spiro atoms. The van der Waals surface area contributed by atoms with Crippen molar-refractivity contribution in [3.05, 3.63) is 145 Å². The van der Waals surface area contributed by atoms with Gasteiger partial charge in [0.15, 0.2) is 12.2 Å². The van der Waals surface area contributed by atoms with E-state index in [1.807, 2.05) is 60.1 Å². The Morgan fingerprint density at radius 1 is 0.500 bits per heavy atom. The molecule has 76 heavy (non-hydrogen) atoms. The van der Waals surface area contributed by atoms with Crippen LogP contribution in [0, 0.1) is 0 Å². The van der Waals surface area contributed by atoms with Crippen molar-refractivity contribution in [2.75, 3.05) is 51.0 Å². The molecule has 0 aromatic heterocycles. The highest BCUT2D eigenvalue weighted by Gasteiger charge is 2.19. The van der Waals surface area contributed by atoms with Crippen molar-refractivity contribution >= 4 is 60.0 Å². The van der Waals surface area contributed by atoms with Gasteiger partial charge in [0.1, 0.15) is 6.61 Å². The van der Waals surface area contributed by atoms with Gasteiger partial charge >= 0.3 is 5.97 Å². The van der Waals surface area contributed by atoms with Crippen molar-refractivity contribution in [2.45, 2.75) is 141 Å². The quantitative estimate of drug-likeness (QED) is 0.174. The van der Waals surface area contributed by atoms with E-state index in [0.717, 1.165) is 65.2 Å². The minimum atomic E-state index is -0.157. The van der Waals surface area contributed by atoms with Gasteiger partial charge in [-0.1, -0.05) is 79.0 Å². The maximum absolute atomic E-state index is 10.3. The summed E-state index contributed by atoms with van der Waals surface area (Å²) >= 11 is 3.81. The third-order valence-corrected chi connectivity index (χ3v) is 12.1. The van der Waals surface area contributed by atoms with Crippen LogP contribution in [0.2, 0.25) is 0 Å². The number of nitrogens with one attached hydrogen (secondary N) is 2. The van der Waals surface area contributed by atoms with Crippen LogP contribution in [0.3, 0.4) is 0 Å². The maximum atomic E-state index is 10.3. The van der Waals surface area contributed by atoms with Crippen molar-refractivity contribution in [3.8, 4) is 0 Å². The largest absolute Gasteiger partial charge is 0.502 e. The zero-order valence-electron chi connectivity index (χ0n) is 44.9. The SMILES string of the molecule is C1=CC2C=CC1O2.C1=CCCC1.C1=CCCCC1.C1=COCC1.C1=COCC1.C1=COCCC1.C1=CSCC1.C1=CSCCC1.C1=NCCO1.C1=NNCCC1.O=C1C=CC=CC1.O=C1CC=CO1.O=C1CCC=NN1. The minimum absolute atomic E-state index is 0.0162. The normalized spacial score (nSPS) is 21.9. The first-order valence-electron chi connectivity index (χ1n) is 27.1. The van der Waals surface area contributed by atoms with E-state index in [9.17, 15) is 14.4 Å². The van der Waals surface area contributed by atoms with Crippen molar-refractivity contribution in [1.29, 1.82) is 0 Å². The van der Waals surface area contributed by atoms with E-state index < -0.39 is 0 Å². The molecular formula is C60H87N5O9S2. The van der Waals surface area contributed by atoms with Gasteiger partial charge in [-0.15, -0.1) is 23.5 Å². The summed E-state index contributed by atoms with van der Waals surface area (Å²) in [5.41, 5.74) is 5.17. The first kappa shape index (κ1) is 66.3. The number of nitrogens with zero attached hydrogens (tertiary/aromatic N) is 3. The molecule has 2 bridgehead atoms.